The molecule has 0 spiro atoms. The van der Waals surface area contributed by atoms with Gasteiger partial charge in [-0.15, -0.1) is 0 Å². The first-order valence-electron chi connectivity index (χ1n) is 9.98. The molecule has 0 aliphatic carbocycles. The van der Waals surface area contributed by atoms with Gasteiger partial charge in [-0.2, -0.15) is 0 Å². The zero-order chi connectivity index (χ0) is 20.1. The monoisotopic (exact) mass is 387 g/mol. The summed E-state index contributed by atoms with van der Waals surface area (Å²) in [6.07, 6.45) is 6.95. The van der Waals surface area contributed by atoms with E-state index in [0.29, 0.717) is 11.5 Å². The minimum absolute atomic E-state index is 0.193. The Labute approximate surface area is 171 Å². The zero-order valence-electron chi connectivity index (χ0n) is 16.6. The van der Waals surface area contributed by atoms with Gasteiger partial charge in [0, 0.05) is 37.2 Å². The highest BCUT2D eigenvalue weighted by Crippen LogP contribution is 2.23. The third-order valence-corrected chi connectivity index (χ3v) is 5.18. The molecule has 1 amide bonds. The van der Waals surface area contributed by atoms with E-state index in [1.165, 1.54) is 31.1 Å². The molecule has 0 bridgehead atoms. The number of aromatic nitrogens is 2. The third-order valence-electron chi connectivity index (χ3n) is 5.18. The van der Waals surface area contributed by atoms with E-state index in [2.05, 4.69) is 32.3 Å². The van der Waals surface area contributed by atoms with Gasteiger partial charge >= 0.3 is 0 Å². The average Bonchev–Trinajstić information content (AvgIpc) is 2.80. The van der Waals surface area contributed by atoms with E-state index in [9.17, 15) is 4.79 Å². The summed E-state index contributed by atoms with van der Waals surface area (Å²) in [7, 11) is 1.73. The van der Waals surface area contributed by atoms with Crippen LogP contribution in [0.1, 0.15) is 29.8 Å². The molecule has 2 heterocycles. The van der Waals surface area contributed by atoms with Crippen LogP contribution in [0.3, 0.4) is 0 Å². The number of nitrogens with zero attached hydrogens (tertiary/aromatic N) is 4. The molecular formula is C23H25N5O. The number of nitrogens with one attached hydrogen (secondary N) is 1. The largest absolute Gasteiger partial charge is 0.372 e. The molecule has 0 radical (unpaired) electrons. The molecule has 6 nitrogen and oxygen atoms in total. The van der Waals surface area contributed by atoms with Crippen LogP contribution in [-0.4, -0.2) is 36.0 Å². The Hall–Kier alpha value is -3.41. The molecule has 1 aliphatic rings. The summed E-state index contributed by atoms with van der Waals surface area (Å²) in [6.45, 7) is 2.26. The Bertz CT molecular complexity index is 935. The molecule has 29 heavy (non-hydrogen) atoms. The van der Waals surface area contributed by atoms with Crippen LogP contribution in [0.2, 0.25) is 0 Å². The Morgan fingerprint density at radius 3 is 2.31 bits per heavy atom. The highest BCUT2D eigenvalue weighted by atomic mass is 16.2. The van der Waals surface area contributed by atoms with Gasteiger partial charge in [-0.3, -0.25) is 4.79 Å². The molecule has 1 N–H and O–H groups in total. The van der Waals surface area contributed by atoms with E-state index in [4.69, 9.17) is 0 Å². The molecule has 2 aromatic carbocycles. The summed E-state index contributed by atoms with van der Waals surface area (Å²) in [5, 5.41) is 3.24. The summed E-state index contributed by atoms with van der Waals surface area (Å²) >= 11 is 0. The van der Waals surface area contributed by atoms with Crippen molar-refractivity contribution in [2.45, 2.75) is 19.3 Å². The standard InChI is InChI=1S/C23H25N5O/c1-27(19-8-4-2-5-9-19)23(29)21-16-25-22(17-24-21)26-18-10-12-20(13-11-18)28-14-6-3-7-15-28/h2,4-5,8-13,16-17H,3,6-7,14-15H2,1H3,(H,25,26). The molecule has 148 valence electrons. The van der Waals surface area contributed by atoms with Gasteiger partial charge in [-0.25, -0.2) is 9.97 Å². The van der Waals surface area contributed by atoms with Crippen molar-refractivity contribution < 1.29 is 4.79 Å². The number of piperidine rings is 1. The van der Waals surface area contributed by atoms with Gasteiger partial charge in [0.25, 0.3) is 5.91 Å². The molecule has 0 unspecified atom stereocenters. The SMILES string of the molecule is CN(C(=O)c1cnc(Nc2ccc(N3CCCCC3)cc2)cn1)c1ccccc1. The van der Waals surface area contributed by atoms with Gasteiger partial charge in [0.1, 0.15) is 11.5 Å². The van der Waals surface area contributed by atoms with Gasteiger partial charge in [0.2, 0.25) is 0 Å². The number of hydrogen-bond acceptors (Lipinski definition) is 5. The molecule has 4 rings (SSSR count). The molecule has 0 saturated carbocycles. The van der Waals surface area contributed by atoms with Crippen LogP contribution < -0.4 is 15.1 Å². The minimum atomic E-state index is -0.193. The molecule has 0 atom stereocenters. The van der Waals surface area contributed by atoms with Crippen molar-refractivity contribution in [2.75, 3.05) is 35.3 Å². The van der Waals surface area contributed by atoms with Crippen molar-refractivity contribution in [1.29, 1.82) is 0 Å². The molecular weight excluding hydrogens is 362 g/mol. The highest BCUT2D eigenvalue weighted by molar-refractivity contribution is 6.04. The van der Waals surface area contributed by atoms with Crippen LogP contribution in [0.15, 0.2) is 67.0 Å². The van der Waals surface area contributed by atoms with Crippen molar-refractivity contribution in [3.05, 3.63) is 72.7 Å². The maximum absolute atomic E-state index is 12.6. The van der Waals surface area contributed by atoms with Crippen molar-refractivity contribution in [2.24, 2.45) is 0 Å². The number of carbonyl (C=O) groups excluding carboxylic acids is 1. The van der Waals surface area contributed by atoms with Gasteiger partial charge in [-0.05, 0) is 55.7 Å². The lowest BCUT2D eigenvalue weighted by molar-refractivity contribution is 0.0988. The van der Waals surface area contributed by atoms with E-state index < -0.39 is 0 Å². The van der Waals surface area contributed by atoms with Crippen LogP contribution in [0.4, 0.5) is 22.9 Å². The summed E-state index contributed by atoms with van der Waals surface area (Å²) in [5.41, 5.74) is 3.32. The van der Waals surface area contributed by atoms with Gasteiger partial charge in [0.05, 0.1) is 12.4 Å². The quantitative estimate of drug-likeness (QED) is 0.699. The lowest BCUT2D eigenvalue weighted by atomic mass is 10.1. The van der Waals surface area contributed by atoms with Crippen LogP contribution in [0.25, 0.3) is 0 Å². The minimum Gasteiger partial charge on any atom is -0.372 e. The number of carbonyl (C=O) groups is 1. The number of hydrogen-bond donors (Lipinski definition) is 1. The van der Waals surface area contributed by atoms with Crippen LogP contribution in [0, 0.1) is 0 Å². The first-order valence-corrected chi connectivity index (χ1v) is 9.98. The predicted octanol–water partition coefficient (Wildman–Crippen LogP) is 4.49. The number of para-hydroxylation sites is 1. The second-order valence-corrected chi connectivity index (χ2v) is 7.21. The zero-order valence-corrected chi connectivity index (χ0v) is 16.6. The molecule has 1 saturated heterocycles. The van der Waals surface area contributed by atoms with Crippen LogP contribution in [0.5, 0.6) is 0 Å². The number of amides is 1. The normalized spacial score (nSPS) is 13.8. The van der Waals surface area contributed by atoms with Crippen molar-refractivity contribution >= 4 is 28.8 Å². The number of benzene rings is 2. The second kappa shape index (κ2) is 8.73. The second-order valence-electron chi connectivity index (χ2n) is 7.21. The summed E-state index contributed by atoms with van der Waals surface area (Å²) < 4.78 is 0. The van der Waals surface area contributed by atoms with Crippen LogP contribution >= 0.6 is 0 Å². The predicted molar refractivity (Wildman–Crippen MR) is 117 cm³/mol. The van der Waals surface area contributed by atoms with E-state index >= 15 is 0 Å². The van der Waals surface area contributed by atoms with E-state index in [0.717, 1.165) is 24.5 Å². The van der Waals surface area contributed by atoms with Crippen molar-refractivity contribution in [1.82, 2.24) is 9.97 Å². The van der Waals surface area contributed by atoms with Crippen molar-refractivity contribution in [3.8, 4) is 0 Å². The lowest BCUT2D eigenvalue weighted by Crippen LogP contribution is -2.29. The molecule has 6 heteroatoms. The van der Waals surface area contributed by atoms with Gasteiger partial charge in [0.15, 0.2) is 0 Å². The Morgan fingerprint density at radius 1 is 0.931 bits per heavy atom. The fourth-order valence-corrected chi connectivity index (χ4v) is 3.50. The molecule has 3 aromatic rings. The Morgan fingerprint density at radius 2 is 1.66 bits per heavy atom. The average molecular weight is 387 g/mol. The maximum atomic E-state index is 12.6. The Balaban J connectivity index is 1.39. The number of anilines is 4. The molecule has 1 fully saturated rings. The van der Waals surface area contributed by atoms with Gasteiger partial charge < -0.3 is 15.1 Å². The van der Waals surface area contributed by atoms with Crippen molar-refractivity contribution in [3.63, 3.8) is 0 Å². The van der Waals surface area contributed by atoms with Crippen LogP contribution in [-0.2, 0) is 0 Å². The summed E-state index contributed by atoms with van der Waals surface area (Å²) in [5.74, 6) is 0.413. The fourth-order valence-electron chi connectivity index (χ4n) is 3.50. The smallest absolute Gasteiger partial charge is 0.278 e. The highest BCUT2D eigenvalue weighted by Gasteiger charge is 2.15. The van der Waals surface area contributed by atoms with E-state index in [1.807, 2.05) is 42.5 Å². The molecule has 1 aromatic heterocycles. The van der Waals surface area contributed by atoms with E-state index in [-0.39, 0.29) is 5.91 Å². The Kier molecular flexibility index (Phi) is 5.70. The fraction of sp³-hybridized carbons (Fsp3) is 0.261. The lowest BCUT2D eigenvalue weighted by Gasteiger charge is -2.28. The summed E-state index contributed by atoms with van der Waals surface area (Å²) in [6, 6.07) is 17.8. The molecule has 1 aliphatic heterocycles. The first-order chi connectivity index (χ1) is 14.2. The first kappa shape index (κ1) is 18.9. The summed E-state index contributed by atoms with van der Waals surface area (Å²) in [4.78, 5) is 25.2. The topological polar surface area (TPSA) is 61.4 Å². The number of rotatable bonds is 5. The van der Waals surface area contributed by atoms with Gasteiger partial charge in [-0.1, -0.05) is 18.2 Å². The van der Waals surface area contributed by atoms with E-state index in [1.54, 1.807) is 18.1 Å². The maximum Gasteiger partial charge on any atom is 0.278 e. The third kappa shape index (κ3) is 4.54.